The van der Waals surface area contributed by atoms with E-state index in [1.54, 1.807) is 0 Å². The highest BCUT2D eigenvalue weighted by molar-refractivity contribution is 7.20. The quantitative estimate of drug-likeness (QED) is 0.142. The molecule has 0 aliphatic carbocycles. The first-order chi connectivity index (χ1) is 22.8. The van der Waals surface area contributed by atoms with E-state index in [-0.39, 0.29) is 0 Å². The number of aromatic nitrogens is 1. The van der Waals surface area contributed by atoms with Gasteiger partial charge >= 0.3 is 0 Å². The van der Waals surface area contributed by atoms with Crippen LogP contribution in [0.5, 0.6) is 0 Å². The van der Waals surface area contributed by atoms with Crippen molar-refractivity contribution in [1.82, 2.24) is 4.57 Å². The van der Waals surface area contributed by atoms with Gasteiger partial charge < -0.3 is 4.57 Å². The summed E-state index contributed by atoms with van der Waals surface area (Å²) in [5.74, 6) is 0. The third kappa shape index (κ3) is 4.39. The van der Waals surface area contributed by atoms with Gasteiger partial charge in [-0.15, -0.1) is 0 Å². The summed E-state index contributed by atoms with van der Waals surface area (Å²) in [5.41, 5.74) is 6.33. The van der Waals surface area contributed by atoms with Gasteiger partial charge in [-0.3, -0.25) is 0 Å². The lowest BCUT2D eigenvalue weighted by atomic mass is 10.0. The molecule has 0 saturated carbocycles. The number of hydrogen-bond acceptors (Lipinski definition) is 1. The van der Waals surface area contributed by atoms with Crippen molar-refractivity contribution in [3.63, 3.8) is 0 Å². The number of benzene rings is 7. The molecule has 2 nitrogen and oxygen atoms in total. The largest absolute Gasteiger partial charge is 0.309 e. The first-order valence-electron chi connectivity index (χ1n) is 15.6. The Bertz CT molecular complexity index is 2200. The lowest BCUT2D eigenvalue weighted by molar-refractivity contribution is 1.18. The normalized spacial score (nSPS) is 11.5. The van der Waals surface area contributed by atoms with Crippen molar-refractivity contribution in [2.45, 2.75) is 0 Å². The zero-order chi connectivity index (χ0) is 30.9. The Balaban J connectivity index is 1.39. The minimum Gasteiger partial charge on any atom is -0.309 e. The van der Waals surface area contributed by atoms with Crippen LogP contribution in [0.25, 0.3) is 38.6 Å². The summed E-state index contributed by atoms with van der Waals surface area (Å²) in [5, 5.41) is 17.8. The summed E-state index contributed by atoms with van der Waals surface area (Å²) in [6, 6.07) is 67.6. The highest BCUT2D eigenvalue weighted by Gasteiger charge is 2.43. The molecule has 216 valence electrons. The number of fused-ring (bicyclic) bond motifs is 3. The van der Waals surface area contributed by atoms with Crippen LogP contribution in [0, 0.1) is 11.3 Å². The SMILES string of the molecule is N#Cc1ccc([Si](c2ccccc2)(c2ccccc2)c2ccccc2)c(-c2ccc(-n3c4ccccc4c4ccccc43)cc2)c1. The molecule has 0 spiro atoms. The zero-order valence-electron chi connectivity index (χ0n) is 25.2. The van der Waals surface area contributed by atoms with E-state index in [0.29, 0.717) is 5.56 Å². The van der Waals surface area contributed by atoms with Gasteiger partial charge in [-0.1, -0.05) is 146 Å². The Morgan fingerprint density at radius 2 is 0.913 bits per heavy atom. The van der Waals surface area contributed by atoms with Crippen LogP contribution in [0.2, 0.25) is 0 Å². The summed E-state index contributed by atoms with van der Waals surface area (Å²) in [7, 11) is -2.82. The molecule has 0 saturated heterocycles. The average Bonchev–Trinajstić information content (AvgIpc) is 3.48. The van der Waals surface area contributed by atoms with Gasteiger partial charge in [0.1, 0.15) is 0 Å². The third-order valence-corrected chi connectivity index (χ3v) is 14.0. The molecule has 8 rings (SSSR count). The maximum absolute atomic E-state index is 10.1. The summed E-state index contributed by atoms with van der Waals surface area (Å²) in [4.78, 5) is 0. The average molecular weight is 603 g/mol. The molecule has 0 aliphatic rings. The predicted octanol–water partition coefficient (Wildman–Crippen LogP) is 7.70. The van der Waals surface area contributed by atoms with Crippen molar-refractivity contribution in [3.8, 4) is 22.9 Å². The van der Waals surface area contributed by atoms with E-state index in [9.17, 15) is 5.26 Å². The van der Waals surface area contributed by atoms with E-state index >= 15 is 0 Å². The van der Waals surface area contributed by atoms with Crippen molar-refractivity contribution < 1.29 is 0 Å². The van der Waals surface area contributed by atoms with Crippen molar-refractivity contribution in [2.24, 2.45) is 0 Å². The minimum absolute atomic E-state index is 0.655. The second-order valence-electron chi connectivity index (χ2n) is 11.6. The topological polar surface area (TPSA) is 28.7 Å². The van der Waals surface area contributed by atoms with Gasteiger partial charge in [0, 0.05) is 16.5 Å². The van der Waals surface area contributed by atoms with Gasteiger partial charge in [-0.25, -0.2) is 0 Å². The fraction of sp³-hybridized carbons (Fsp3) is 0. The number of rotatable bonds is 6. The van der Waals surface area contributed by atoms with Gasteiger partial charge in [0.2, 0.25) is 0 Å². The molecule has 0 atom stereocenters. The van der Waals surface area contributed by atoms with Crippen LogP contribution in [0.1, 0.15) is 5.56 Å². The van der Waals surface area contributed by atoms with Crippen molar-refractivity contribution in [2.75, 3.05) is 0 Å². The first-order valence-corrected chi connectivity index (χ1v) is 17.6. The molecule has 8 aromatic rings. The fourth-order valence-corrected chi connectivity index (χ4v) is 12.2. The van der Waals surface area contributed by atoms with Crippen LogP contribution >= 0.6 is 0 Å². The number of hydrogen-bond donors (Lipinski definition) is 0. The molecule has 1 aromatic heterocycles. The van der Waals surface area contributed by atoms with E-state index in [4.69, 9.17) is 0 Å². The molecule has 0 fully saturated rings. The van der Waals surface area contributed by atoms with Gasteiger partial charge in [-0.2, -0.15) is 5.26 Å². The maximum Gasteiger partial charge on any atom is 0.180 e. The highest BCUT2D eigenvalue weighted by Crippen LogP contribution is 2.33. The lowest BCUT2D eigenvalue weighted by Gasteiger charge is -2.36. The maximum atomic E-state index is 10.1. The smallest absolute Gasteiger partial charge is 0.180 e. The van der Waals surface area contributed by atoms with Crippen molar-refractivity contribution >= 4 is 50.6 Å². The van der Waals surface area contributed by atoms with Crippen LogP contribution in [-0.2, 0) is 0 Å². The van der Waals surface area contributed by atoms with E-state index < -0.39 is 8.07 Å². The van der Waals surface area contributed by atoms with Crippen molar-refractivity contribution in [1.29, 1.82) is 5.26 Å². The molecule has 0 unspecified atom stereocenters. The number of nitrogens with zero attached hydrogens (tertiary/aromatic N) is 2. The molecule has 0 N–H and O–H groups in total. The van der Waals surface area contributed by atoms with Crippen LogP contribution < -0.4 is 20.7 Å². The highest BCUT2D eigenvalue weighted by atomic mass is 28.3. The van der Waals surface area contributed by atoms with Gasteiger partial charge in [-0.05, 0) is 68.3 Å². The van der Waals surface area contributed by atoms with Gasteiger partial charge in [0.15, 0.2) is 8.07 Å². The van der Waals surface area contributed by atoms with E-state index in [0.717, 1.165) is 16.8 Å². The molecule has 46 heavy (non-hydrogen) atoms. The van der Waals surface area contributed by atoms with Crippen LogP contribution in [0.15, 0.2) is 182 Å². The Labute approximate surface area is 270 Å². The summed E-state index contributed by atoms with van der Waals surface area (Å²) in [6.07, 6.45) is 0. The molecule has 0 amide bonds. The molecular formula is C43H30N2Si. The second kappa shape index (κ2) is 11.5. The fourth-order valence-electron chi connectivity index (χ4n) is 7.20. The molecule has 0 radical (unpaired) electrons. The predicted molar refractivity (Wildman–Crippen MR) is 195 cm³/mol. The third-order valence-electron chi connectivity index (χ3n) is 9.19. The standard InChI is InChI=1S/C43H30N2Si/c44-31-32-24-29-43(46(35-14-4-1-5-15-35,36-16-6-2-7-17-36)37-18-8-3-9-19-37)40(30-32)33-25-27-34(28-26-33)45-41-22-12-10-20-38(41)39-21-11-13-23-42(39)45/h1-30H. The summed E-state index contributed by atoms with van der Waals surface area (Å²) < 4.78 is 2.35. The van der Waals surface area contributed by atoms with E-state index in [1.807, 2.05) is 6.07 Å². The van der Waals surface area contributed by atoms with Crippen molar-refractivity contribution in [3.05, 3.63) is 188 Å². The Hall–Kier alpha value is -5.95. The zero-order valence-corrected chi connectivity index (χ0v) is 26.2. The van der Waals surface area contributed by atoms with Crippen LogP contribution in [0.4, 0.5) is 0 Å². The molecule has 7 aromatic carbocycles. The first kappa shape index (κ1) is 27.6. The minimum atomic E-state index is -2.82. The van der Waals surface area contributed by atoms with Gasteiger partial charge in [0.05, 0.1) is 22.7 Å². The second-order valence-corrected chi connectivity index (χ2v) is 15.4. The van der Waals surface area contributed by atoms with E-state index in [2.05, 4.69) is 187 Å². The Kier molecular flexibility index (Phi) is 6.91. The molecule has 1 heterocycles. The molecular weight excluding hydrogens is 573 g/mol. The lowest BCUT2D eigenvalue weighted by Crippen LogP contribution is -2.75. The Morgan fingerprint density at radius 1 is 0.457 bits per heavy atom. The van der Waals surface area contributed by atoms with Crippen LogP contribution in [-0.4, -0.2) is 12.6 Å². The number of para-hydroxylation sites is 2. The van der Waals surface area contributed by atoms with Gasteiger partial charge in [0.25, 0.3) is 0 Å². The molecule has 3 heteroatoms. The summed E-state index contributed by atoms with van der Waals surface area (Å²) >= 11 is 0. The Morgan fingerprint density at radius 3 is 1.39 bits per heavy atom. The molecule has 0 aliphatic heterocycles. The van der Waals surface area contributed by atoms with Crippen LogP contribution in [0.3, 0.4) is 0 Å². The monoisotopic (exact) mass is 602 g/mol. The summed E-state index contributed by atoms with van der Waals surface area (Å²) in [6.45, 7) is 0. The number of nitriles is 1. The molecule has 0 bridgehead atoms. The van der Waals surface area contributed by atoms with E-state index in [1.165, 1.54) is 42.6 Å².